The largest absolute Gasteiger partial charge is 0.469 e. The number of allylic oxidation sites excluding steroid dienone is 2. The number of hydrogen-bond donors (Lipinski definition) is 0. The molecule has 4 aliphatic carbocycles. The summed E-state index contributed by atoms with van der Waals surface area (Å²) in [5, 5.41) is 0. The SMILES string of the molecule is COC(=O)CC[C@@H](C)[C@H]1CC=C2[C@@H]3CC[C@@H]4CC(=O)[C@@H](Br)C[C@]4(C)[C@H]3CC(=O)[C@@]21C. The molecule has 4 nitrogen and oxygen atoms in total. The molecule has 0 aromatic heterocycles. The molecule has 0 saturated heterocycles. The summed E-state index contributed by atoms with van der Waals surface area (Å²) >= 11 is 3.63. The number of Topliss-reactive ketones (excluding diaryl/α,β-unsaturated/α-hetero) is 2. The Morgan fingerprint density at radius 1 is 1.27 bits per heavy atom. The zero-order chi connectivity index (χ0) is 21.8. The number of hydrogen-bond acceptors (Lipinski definition) is 4. The van der Waals surface area contributed by atoms with Crippen LogP contribution in [0.25, 0.3) is 0 Å². The monoisotopic (exact) mass is 478 g/mol. The molecule has 30 heavy (non-hydrogen) atoms. The molecule has 166 valence electrons. The molecule has 0 aliphatic heterocycles. The second-order valence-corrected chi connectivity index (χ2v) is 11.9. The molecule has 0 spiro atoms. The highest BCUT2D eigenvalue weighted by Gasteiger charge is 2.61. The van der Waals surface area contributed by atoms with E-state index >= 15 is 0 Å². The van der Waals surface area contributed by atoms with Crippen LogP contribution in [0.15, 0.2) is 11.6 Å². The van der Waals surface area contributed by atoms with Gasteiger partial charge in [0.15, 0.2) is 0 Å². The Morgan fingerprint density at radius 3 is 2.70 bits per heavy atom. The average Bonchev–Trinajstić information content (AvgIpc) is 3.07. The molecule has 4 aliphatic rings. The molecule has 0 bridgehead atoms. The van der Waals surface area contributed by atoms with Gasteiger partial charge in [-0.2, -0.15) is 0 Å². The number of carbonyl (C=O) groups is 3. The standard InChI is InChI=1S/C25H35BrO4/c1-14(5-10-23(29)30-4)17-8-9-18-16-7-6-15-11-21(27)20(26)13-24(15,2)19(16)12-22(28)25(17,18)3/h9,14-17,19-20H,5-8,10-13H2,1-4H3/t14-,15-,16+,17-,19+,20+,24+,25-/m1/s1. The Hall–Kier alpha value is -0.970. The molecule has 3 saturated carbocycles. The van der Waals surface area contributed by atoms with Crippen molar-refractivity contribution in [2.24, 2.45) is 40.4 Å². The van der Waals surface area contributed by atoms with E-state index in [1.807, 2.05) is 0 Å². The highest BCUT2D eigenvalue weighted by atomic mass is 79.9. The van der Waals surface area contributed by atoms with Gasteiger partial charge in [0.1, 0.15) is 11.6 Å². The van der Waals surface area contributed by atoms with Crippen molar-refractivity contribution in [2.45, 2.75) is 77.0 Å². The Morgan fingerprint density at radius 2 is 2.00 bits per heavy atom. The first-order valence-electron chi connectivity index (χ1n) is 11.6. The van der Waals surface area contributed by atoms with Crippen LogP contribution < -0.4 is 0 Å². The summed E-state index contributed by atoms with van der Waals surface area (Å²) < 4.78 is 4.82. The minimum absolute atomic E-state index is 0.0530. The second kappa shape index (κ2) is 7.86. The molecular formula is C25H35BrO4. The summed E-state index contributed by atoms with van der Waals surface area (Å²) in [4.78, 5) is 37.6. The van der Waals surface area contributed by atoms with Gasteiger partial charge in [0, 0.05) is 19.3 Å². The van der Waals surface area contributed by atoms with Crippen LogP contribution in [-0.2, 0) is 19.1 Å². The maximum absolute atomic E-state index is 13.7. The molecule has 4 rings (SSSR count). The molecule has 0 aromatic rings. The first-order chi connectivity index (χ1) is 14.1. The topological polar surface area (TPSA) is 60.4 Å². The van der Waals surface area contributed by atoms with Crippen molar-refractivity contribution in [3.05, 3.63) is 11.6 Å². The fraction of sp³-hybridized carbons (Fsp3) is 0.800. The molecule has 0 radical (unpaired) electrons. The predicted octanol–water partition coefficient (Wildman–Crippen LogP) is 5.28. The number of rotatable bonds is 4. The summed E-state index contributed by atoms with van der Waals surface area (Å²) in [6.45, 7) is 6.71. The molecule has 0 heterocycles. The van der Waals surface area contributed by atoms with E-state index in [-0.39, 0.29) is 22.1 Å². The first kappa shape index (κ1) is 22.2. The number of methoxy groups -OCH3 is 1. The van der Waals surface area contributed by atoms with Gasteiger partial charge in [-0.05, 0) is 74.0 Å². The third kappa shape index (κ3) is 3.25. The lowest BCUT2D eigenvalue weighted by Crippen LogP contribution is -2.56. The van der Waals surface area contributed by atoms with Gasteiger partial charge in [0.25, 0.3) is 0 Å². The van der Waals surface area contributed by atoms with E-state index in [0.717, 1.165) is 32.1 Å². The van der Waals surface area contributed by atoms with Gasteiger partial charge in [-0.25, -0.2) is 0 Å². The number of fused-ring (bicyclic) bond motifs is 5. The van der Waals surface area contributed by atoms with Crippen molar-refractivity contribution in [3.63, 3.8) is 0 Å². The Kier molecular flexibility index (Phi) is 5.83. The van der Waals surface area contributed by atoms with Gasteiger partial charge in [-0.15, -0.1) is 0 Å². The molecule has 0 aromatic carbocycles. The highest BCUT2D eigenvalue weighted by molar-refractivity contribution is 9.10. The number of esters is 1. The summed E-state index contributed by atoms with van der Waals surface area (Å²) in [5.74, 6) is 2.34. The van der Waals surface area contributed by atoms with Crippen LogP contribution in [0.3, 0.4) is 0 Å². The molecule has 0 amide bonds. The number of alkyl halides is 1. The van der Waals surface area contributed by atoms with Crippen LogP contribution in [0.5, 0.6) is 0 Å². The van der Waals surface area contributed by atoms with Gasteiger partial charge >= 0.3 is 5.97 Å². The highest BCUT2D eigenvalue weighted by Crippen LogP contribution is 2.65. The van der Waals surface area contributed by atoms with Gasteiger partial charge in [0.05, 0.1) is 17.4 Å². The Bertz CT molecular complexity index is 788. The van der Waals surface area contributed by atoms with Crippen molar-refractivity contribution >= 4 is 33.5 Å². The first-order valence-corrected chi connectivity index (χ1v) is 12.5. The van der Waals surface area contributed by atoms with E-state index < -0.39 is 5.41 Å². The van der Waals surface area contributed by atoms with E-state index in [9.17, 15) is 14.4 Å². The molecule has 3 fully saturated rings. The molecule has 8 atom stereocenters. The molecule has 0 unspecified atom stereocenters. The lowest BCUT2D eigenvalue weighted by atomic mass is 9.45. The molecular weight excluding hydrogens is 444 g/mol. The zero-order valence-electron chi connectivity index (χ0n) is 18.7. The Labute approximate surface area is 188 Å². The van der Waals surface area contributed by atoms with E-state index in [1.54, 1.807) is 0 Å². The quantitative estimate of drug-likeness (QED) is 0.313. The van der Waals surface area contributed by atoms with Crippen molar-refractivity contribution in [3.8, 4) is 0 Å². The third-order valence-electron chi connectivity index (χ3n) is 9.54. The fourth-order valence-corrected chi connectivity index (χ4v) is 8.51. The summed E-state index contributed by atoms with van der Waals surface area (Å²) in [6.07, 6.45) is 8.83. The fourth-order valence-electron chi connectivity index (χ4n) is 7.63. The van der Waals surface area contributed by atoms with E-state index in [0.29, 0.717) is 54.5 Å². The normalized spacial score (nSPS) is 43.9. The minimum Gasteiger partial charge on any atom is -0.469 e. The summed E-state index contributed by atoms with van der Waals surface area (Å²) in [5.41, 5.74) is 1.04. The van der Waals surface area contributed by atoms with E-state index in [4.69, 9.17) is 4.74 Å². The van der Waals surface area contributed by atoms with Gasteiger partial charge in [0.2, 0.25) is 0 Å². The van der Waals surface area contributed by atoms with Crippen LogP contribution in [0.1, 0.15) is 72.1 Å². The molecule has 5 heteroatoms. The number of halogens is 1. The smallest absolute Gasteiger partial charge is 0.305 e. The van der Waals surface area contributed by atoms with Gasteiger partial charge < -0.3 is 4.74 Å². The van der Waals surface area contributed by atoms with Crippen LogP contribution in [0, 0.1) is 40.4 Å². The van der Waals surface area contributed by atoms with Crippen LogP contribution in [0.2, 0.25) is 0 Å². The second-order valence-electron chi connectivity index (χ2n) is 10.8. The van der Waals surface area contributed by atoms with Crippen molar-refractivity contribution < 1.29 is 19.1 Å². The maximum atomic E-state index is 13.7. The predicted molar refractivity (Wildman–Crippen MR) is 119 cm³/mol. The van der Waals surface area contributed by atoms with Crippen molar-refractivity contribution in [2.75, 3.05) is 7.11 Å². The van der Waals surface area contributed by atoms with Crippen molar-refractivity contribution in [1.82, 2.24) is 0 Å². The number of ether oxygens (including phenoxy) is 1. The van der Waals surface area contributed by atoms with Gasteiger partial charge in [-0.1, -0.05) is 41.4 Å². The van der Waals surface area contributed by atoms with Crippen LogP contribution >= 0.6 is 15.9 Å². The van der Waals surface area contributed by atoms with Crippen molar-refractivity contribution in [1.29, 1.82) is 0 Å². The van der Waals surface area contributed by atoms with E-state index in [2.05, 4.69) is 42.8 Å². The molecule has 0 N–H and O–H groups in total. The lowest BCUT2D eigenvalue weighted by molar-refractivity contribution is -0.143. The maximum Gasteiger partial charge on any atom is 0.305 e. The van der Waals surface area contributed by atoms with Gasteiger partial charge in [-0.3, -0.25) is 14.4 Å². The van der Waals surface area contributed by atoms with Crippen LogP contribution in [-0.4, -0.2) is 29.5 Å². The zero-order valence-corrected chi connectivity index (χ0v) is 20.3. The third-order valence-corrected chi connectivity index (χ3v) is 10.4. The number of ketones is 2. The average molecular weight is 479 g/mol. The van der Waals surface area contributed by atoms with Crippen LogP contribution in [0.4, 0.5) is 0 Å². The summed E-state index contributed by atoms with van der Waals surface area (Å²) in [7, 11) is 1.43. The Balaban J connectivity index is 1.58. The summed E-state index contributed by atoms with van der Waals surface area (Å²) in [6, 6.07) is 0. The minimum atomic E-state index is -0.391. The lowest BCUT2D eigenvalue weighted by Gasteiger charge is -2.59. The van der Waals surface area contributed by atoms with E-state index in [1.165, 1.54) is 12.7 Å². The number of carbonyl (C=O) groups excluding carboxylic acids is 3.